The van der Waals surface area contributed by atoms with E-state index in [4.69, 9.17) is 4.74 Å². The highest BCUT2D eigenvalue weighted by Crippen LogP contribution is 2.31. The largest absolute Gasteiger partial charge is 0.483 e. The van der Waals surface area contributed by atoms with Gasteiger partial charge in [0.25, 0.3) is 5.91 Å². The fourth-order valence-corrected chi connectivity index (χ4v) is 4.07. The lowest BCUT2D eigenvalue weighted by molar-refractivity contribution is -0.124. The monoisotopic (exact) mass is 458 g/mol. The minimum atomic E-state index is -0.0571. The highest BCUT2D eigenvalue weighted by atomic mass is 79.9. The van der Waals surface area contributed by atoms with Crippen molar-refractivity contribution in [2.75, 3.05) is 19.7 Å². The summed E-state index contributed by atoms with van der Waals surface area (Å²) in [6, 6.07) is 16.8. The van der Waals surface area contributed by atoms with E-state index in [1.165, 1.54) is 11.1 Å². The number of carbonyl (C=O) groups is 1. The topological polar surface area (TPSA) is 41.6 Å². The highest BCUT2D eigenvalue weighted by Gasteiger charge is 2.21. The van der Waals surface area contributed by atoms with E-state index in [0.29, 0.717) is 5.75 Å². The number of halogens is 1. The number of nitrogens with one attached hydrogen (secondary N) is 1. The number of benzene rings is 2. The fourth-order valence-electron chi connectivity index (χ4n) is 3.57. The summed E-state index contributed by atoms with van der Waals surface area (Å²) in [5, 5.41) is 3.12. The van der Waals surface area contributed by atoms with Gasteiger partial charge in [0, 0.05) is 25.7 Å². The van der Waals surface area contributed by atoms with Crippen LogP contribution in [-0.2, 0) is 16.8 Å². The van der Waals surface area contributed by atoms with Crippen LogP contribution in [0, 0.1) is 0 Å². The average Bonchev–Trinajstić information content (AvgIpc) is 2.68. The summed E-state index contributed by atoms with van der Waals surface area (Å²) in [5.74, 6) is 0.643. The molecule has 0 bridgehead atoms. The minimum absolute atomic E-state index is 0.0394. The second-order valence-electron chi connectivity index (χ2n) is 8.79. The van der Waals surface area contributed by atoms with E-state index in [9.17, 15) is 4.79 Å². The predicted molar refractivity (Wildman–Crippen MR) is 121 cm³/mol. The average molecular weight is 459 g/mol. The molecule has 0 atom stereocenters. The summed E-state index contributed by atoms with van der Waals surface area (Å²) in [6.07, 6.45) is 1.95. The van der Waals surface area contributed by atoms with E-state index in [0.717, 1.165) is 36.9 Å². The van der Waals surface area contributed by atoms with E-state index in [1.54, 1.807) is 0 Å². The van der Waals surface area contributed by atoms with Crippen LogP contribution in [0.1, 0.15) is 44.7 Å². The smallest absolute Gasteiger partial charge is 0.258 e. The van der Waals surface area contributed by atoms with Crippen LogP contribution in [0.3, 0.4) is 0 Å². The molecule has 1 aliphatic heterocycles. The first-order chi connectivity index (χ1) is 13.8. The third kappa shape index (κ3) is 6.58. The van der Waals surface area contributed by atoms with E-state index in [-0.39, 0.29) is 24.0 Å². The molecule has 1 N–H and O–H groups in total. The third-order valence-electron chi connectivity index (χ3n) is 5.36. The van der Waals surface area contributed by atoms with Crippen LogP contribution in [0.4, 0.5) is 0 Å². The number of piperidine rings is 1. The molecule has 2 aromatic rings. The molecule has 3 rings (SSSR count). The Morgan fingerprint density at radius 2 is 1.83 bits per heavy atom. The van der Waals surface area contributed by atoms with Crippen LogP contribution in [0.15, 0.2) is 53.0 Å². The third-order valence-corrected chi connectivity index (χ3v) is 5.98. The molecule has 1 heterocycles. The summed E-state index contributed by atoms with van der Waals surface area (Å²) >= 11 is 3.56. The summed E-state index contributed by atoms with van der Waals surface area (Å²) in [6.45, 7) is 9.54. The molecule has 4 nitrogen and oxygen atoms in total. The second-order valence-corrected chi connectivity index (χ2v) is 9.64. The van der Waals surface area contributed by atoms with E-state index < -0.39 is 0 Å². The molecular weight excluding hydrogens is 428 g/mol. The zero-order chi connectivity index (χ0) is 20.9. The molecule has 1 amide bonds. The van der Waals surface area contributed by atoms with Crippen LogP contribution in [0.2, 0.25) is 0 Å². The number of ether oxygens (including phenoxy) is 1. The molecule has 0 aliphatic carbocycles. The van der Waals surface area contributed by atoms with Gasteiger partial charge in [-0.3, -0.25) is 9.69 Å². The second kappa shape index (κ2) is 9.77. The van der Waals surface area contributed by atoms with Crippen molar-refractivity contribution in [3.8, 4) is 5.75 Å². The van der Waals surface area contributed by atoms with Gasteiger partial charge in [-0.2, -0.15) is 0 Å². The number of rotatable bonds is 6. The van der Waals surface area contributed by atoms with Crippen LogP contribution < -0.4 is 10.1 Å². The van der Waals surface area contributed by atoms with Crippen molar-refractivity contribution in [1.82, 2.24) is 10.2 Å². The van der Waals surface area contributed by atoms with Gasteiger partial charge in [-0.05, 0) is 57.4 Å². The van der Waals surface area contributed by atoms with Gasteiger partial charge in [-0.1, -0.05) is 57.2 Å². The Bertz CT molecular complexity index is 809. The van der Waals surface area contributed by atoms with Crippen LogP contribution in [0.25, 0.3) is 0 Å². The SMILES string of the molecule is CC(C)(C)c1ccc(OCC(=O)NC2CCN(Cc3ccccc3)CC2)c(Br)c1. The van der Waals surface area contributed by atoms with Crippen molar-refractivity contribution < 1.29 is 9.53 Å². The maximum absolute atomic E-state index is 12.3. The summed E-state index contributed by atoms with van der Waals surface area (Å²) in [5.41, 5.74) is 2.64. The van der Waals surface area contributed by atoms with Crippen molar-refractivity contribution in [2.45, 2.75) is 51.6 Å². The molecule has 29 heavy (non-hydrogen) atoms. The number of hydrogen-bond acceptors (Lipinski definition) is 3. The Balaban J connectivity index is 1.41. The molecule has 0 aromatic heterocycles. The van der Waals surface area contributed by atoms with Crippen molar-refractivity contribution in [2.24, 2.45) is 0 Å². The molecule has 0 saturated carbocycles. The Kier molecular flexibility index (Phi) is 7.36. The first-order valence-electron chi connectivity index (χ1n) is 10.3. The van der Waals surface area contributed by atoms with Crippen LogP contribution in [-0.4, -0.2) is 36.5 Å². The lowest BCUT2D eigenvalue weighted by Gasteiger charge is -2.32. The number of amides is 1. The molecule has 0 unspecified atom stereocenters. The van der Waals surface area contributed by atoms with Crippen molar-refractivity contribution in [1.29, 1.82) is 0 Å². The minimum Gasteiger partial charge on any atom is -0.483 e. The maximum Gasteiger partial charge on any atom is 0.258 e. The number of hydrogen-bond donors (Lipinski definition) is 1. The normalized spacial score (nSPS) is 15.9. The molecule has 1 saturated heterocycles. The lowest BCUT2D eigenvalue weighted by Crippen LogP contribution is -2.45. The quantitative estimate of drug-likeness (QED) is 0.668. The Morgan fingerprint density at radius 1 is 1.14 bits per heavy atom. The first kappa shape index (κ1) is 21.8. The molecule has 2 aromatic carbocycles. The molecule has 5 heteroatoms. The van der Waals surface area contributed by atoms with Gasteiger partial charge in [-0.25, -0.2) is 0 Å². The van der Waals surface area contributed by atoms with Gasteiger partial charge in [0.1, 0.15) is 5.75 Å². The number of carbonyl (C=O) groups excluding carboxylic acids is 1. The Morgan fingerprint density at radius 3 is 2.45 bits per heavy atom. The molecule has 0 radical (unpaired) electrons. The van der Waals surface area contributed by atoms with E-state index >= 15 is 0 Å². The Labute approximate surface area is 182 Å². The molecule has 1 aliphatic rings. The van der Waals surface area contributed by atoms with Crippen molar-refractivity contribution in [3.05, 3.63) is 64.1 Å². The van der Waals surface area contributed by atoms with Crippen molar-refractivity contribution in [3.63, 3.8) is 0 Å². The van der Waals surface area contributed by atoms with Gasteiger partial charge < -0.3 is 10.1 Å². The number of likely N-dealkylation sites (tertiary alicyclic amines) is 1. The van der Waals surface area contributed by atoms with Crippen molar-refractivity contribution >= 4 is 21.8 Å². The van der Waals surface area contributed by atoms with Gasteiger partial charge >= 0.3 is 0 Å². The maximum atomic E-state index is 12.3. The number of nitrogens with zero attached hydrogens (tertiary/aromatic N) is 1. The summed E-state index contributed by atoms with van der Waals surface area (Å²) < 4.78 is 6.62. The van der Waals surface area contributed by atoms with Gasteiger partial charge in [-0.15, -0.1) is 0 Å². The predicted octanol–water partition coefficient (Wildman–Crippen LogP) is 4.91. The zero-order valence-corrected chi connectivity index (χ0v) is 19.2. The van der Waals surface area contributed by atoms with E-state index in [2.05, 4.69) is 83.3 Å². The summed E-state index contributed by atoms with van der Waals surface area (Å²) in [4.78, 5) is 14.8. The van der Waals surface area contributed by atoms with Crippen LogP contribution >= 0.6 is 15.9 Å². The Hall–Kier alpha value is -1.85. The molecule has 0 spiro atoms. The standard InChI is InChI=1S/C24H31BrN2O2/c1-24(2,3)19-9-10-22(21(25)15-19)29-17-23(28)26-20-11-13-27(14-12-20)16-18-7-5-4-6-8-18/h4-10,15,20H,11-14,16-17H2,1-3H3,(H,26,28). The molecule has 156 valence electrons. The molecule has 1 fully saturated rings. The lowest BCUT2D eigenvalue weighted by atomic mass is 9.87. The van der Waals surface area contributed by atoms with Gasteiger partial charge in [0.05, 0.1) is 4.47 Å². The molecular formula is C24H31BrN2O2. The highest BCUT2D eigenvalue weighted by molar-refractivity contribution is 9.10. The zero-order valence-electron chi connectivity index (χ0n) is 17.6. The van der Waals surface area contributed by atoms with Gasteiger partial charge in [0.2, 0.25) is 0 Å². The fraction of sp³-hybridized carbons (Fsp3) is 0.458. The summed E-state index contributed by atoms with van der Waals surface area (Å²) in [7, 11) is 0. The van der Waals surface area contributed by atoms with Gasteiger partial charge in [0.15, 0.2) is 6.61 Å². The van der Waals surface area contributed by atoms with Crippen LogP contribution in [0.5, 0.6) is 5.75 Å². The van der Waals surface area contributed by atoms with E-state index in [1.807, 2.05) is 12.1 Å². The first-order valence-corrected chi connectivity index (χ1v) is 11.1.